The fourth-order valence-electron chi connectivity index (χ4n) is 1.17. The maximum absolute atomic E-state index is 8.58. The normalized spacial score (nSPS) is 22.8. The van der Waals surface area contributed by atoms with E-state index in [1.165, 1.54) is 5.57 Å². The van der Waals surface area contributed by atoms with E-state index in [0.717, 1.165) is 6.42 Å². The highest BCUT2D eigenvalue weighted by molar-refractivity contribution is 5.33. The summed E-state index contributed by atoms with van der Waals surface area (Å²) in [5, 5.41) is 11.7. The van der Waals surface area contributed by atoms with Crippen LogP contribution in [0.2, 0.25) is 0 Å². The van der Waals surface area contributed by atoms with E-state index in [1.54, 1.807) is 0 Å². The third kappa shape index (κ3) is 1.62. The predicted octanol–water partition coefficient (Wildman–Crippen LogP) is 1.72. The lowest BCUT2D eigenvalue weighted by Crippen LogP contribution is -2.30. The average molecular weight is 148 g/mol. The zero-order valence-electron chi connectivity index (χ0n) is 6.89. The topological polar surface area (TPSA) is 35.8 Å². The first-order chi connectivity index (χ1) is 5.27. The first-order valence-electron chi connectivity index (χ1n) is 3.83. The van der Waals surface area contributed by atoms with Crippen molar-refractivity contribution in [3.05, 3.63) is 23.4 Å². The number of nitrogens with one attached hydrogen (secondary N) is 1. The van der Waals surface area contributed by atoms with E-state index in [-0.39, 0.29) is 0 Å². The van der Waals surface area contributed by atoms with Gasteiger partial charge in [-0.1, -0.05) is 18.6 Å². The van der Waals surface area contributed by atoms with Crippen molar-refractivity contribution in [3.8, 4) is 6.07 Å². The van der Waals surface area contributed by atoms with Gasteiger partial charge in [-0.2, -0.15) is 5.26 Å². The SMILES string of the molecule is CCC1NC(C#N)=CC=C1C. The molecule has 1 atom stereocenters. The molecular weight excluding hydrogens is 136 g/mol. The van der Waals surface area contributed by atoms with Crippen LogP contribution in [-0.2, 0) is 0 Å². The summed E-state index contributed by atoms with van der Waals surface area (Å²) in [5.74, 6) is 0. The molecule has 1 aliphatic heterocycles. The minimum atomic E-state index is 0.356. The van der Waals surface area contributed by atoms with Crippen molar-refractivity contribution in [1.29, 1.82) is 5.26 Å². The van der Waals surface area contributed by atoms with E-state index >= 15 is 0 Å². The second kappa shape index (κ2) is 3.25. The molecule has 2 heteroatoms. The molecule has 0 saturated heterocycles. The van der Waals surface area contributed by atoms with Crippen LogP contribution < -0.4 is 5.32 Å². The van der Waals surface area contributed by atoms with E-state index < -0.39 is 0 Å². The van der Waals surface area contributed by atoms with Crippen molar-refractivity contribution in [2.24, 2.45) is 0 Å². The fourth-order valence-corrected chi connectivity index (χ4v) is 1.17. The molecule has 58 valence electrons. The molecular formula is C9H12N2. The number of dihydropyridines is 1. The molecule has 0 bridgehead atoms. The van der Waals surface area contributed by atoms with Crippen LogP contribution in [0.1, 0.15) is 20.3 Å². The van der Waals surface area contributed by atoms with Crippen LogP contribution in [0.3, 0.4) is 0 Å². The second-order valence-corrected chi connectivity index (χ2v) is 2.71. The van der Waals surface area contributed by atoms with Gasteiger partial charge in [0.2, 0.25) is 0 Å². The zero-order valence-corrected chi connectivity index (χ0v) is 6.89. The highest BCUT2D eigenvalue weighted by Crippen LogP contribution is 2.12. The third-order valence-electron chi connectivity index (χ3n) is 1.92. The van der Waals surface area contributed by atoms with Crippen molar-refractivity contribution in [3.63, 3.8) is 0 Å². The van der Waals surface area contributed by atoms with Crippen molar-refractivity contribution >= 4 is 0 Å². The first kappa shape index (κ1) is 7.87. The Balaban J connectivity index is 2.77. The van der Waals surface area contributed by atoms with Crippen molar-refractivity contribution in [2.75, 3.05) is 0 Å². The molecule has 11 heavy (non-hydrogen) atoms. The second-order valence-electron chi connectivity index (χ2n) is 2.71. The van der Waals surface area contributed by atoms with Gasteiger partial charge in [-0.25, -0.2) is 0 Å². The van der Waals surface area contributed by atoms with Gasteiger partial charge in [-0.15, -0.1) is 0 Å². The van der Waals surface area contributed by atoms with Crippen LogP contribution in [0.15, 0.2) is 23.4 Å². The van der Waals surface area contributed by atoms with Crippen LogP contribution in [0.4, 0.5) is 0 Å². The smallest absolute Gasteiger partial charge is 0.117 e. The summed E-state index contributed by atoms with van der Waals surface area (Å²) in [6, 6.07) is 2.45. The average Bonchev–Trinajstić information content (AvgIpc) is 2.05. The van der Waals surface area contributed by atoms with E-state index in [0.29, 0.717) is 11.7 Å². The molecule has 1 rings (SSSR count). The fraction of sp³-hybridized carbons (Fsp3) is 0.444. The summed E-state index contributed by atoms with van der Waals surface area (Å²) in [6.07, 6.45) is 4.85. The van der Waals surface area contributed by atoms with Crippen molar-refractivity contribution < 1.29 is 0 Å². The molecule has 0 amide bonds. The van der Waals surface area contributed by atoms with E-state index in [4.69, 9.17) is 5.26 Å². The lowest BCUT2D eigenvalue weighted by molar-refractivity contribution is 0.621. The quantitative estimate of drug-likeness (QED) is 0.614. The Morgan fingerprint density at radius 3 is 2.91 bits per heavy atom. The lowest BCUT2D eigenvalue weighted by Gasteiger charge is -2.21. The van der Waals surface area contributed by atoms with Crippen LogP contribution in [-0.4, -0.2) is 6.04 Å². The van der Waals surface area contributed by atoms with Gasteiger partial charge in [0.25, 0.3) is 0 Å². The number of allylic oxidation sites excluding steroid dienone is 3. The Kier molecular flexibility index (Phi) is 2.32. The predicted molar refractivity (Wildman–Crippen MR) is 44.7 cm³/mol. The molecule has 0 aromatic rings. The summed E-state index contributed by atoms with van der Waals surface area (Å²) >= 11 is 0. The largest absolute Gasteiger partial charge is 0.370 e. The highest BCUT2D eigenvalue weighted by atomic mass is 14.9. The number of hydrogen-bond donors (Lipinski definition) is 1. The minimum absolute atomic E-state index is 0.356. The Hall–Kier alpha value is -1.23. The first-order valence-corrected chi connectivity index (χ1v) is 3.83. The molecule has 2 nitrogen and oxygen atoms in total. The Morgan fingerprint density at radius 1 is 1.64 bits per heavy atom. The summed E-state index contributed by atoms with van der Waals surface area (Å²) in [5.41, 5.74) is 1.97. The maximum atomic E-state index is 8.58. The van der Waals surface area contributed by atoms with Gasteiger partial charge < -0.3 is 5.32 Å². The van der Waals surface area contributed by atoms with Gasteiger partial charge in [0, 0.05) is 6.04 Å². The van der Waals surface area contributed by atoms with Crippen molar-refractivity contribution in [2.45, 2.75) is 26.3 Å². The van der Waals surface area contributed by atoms with Crippen LogP contribution in [0.5, 0.6) is 0 Å². The van der Waals surface area contributed by atoms with E-state index in [2.05, 4.69) is 25.2 Å². The summed E-state index contributed by atoms with van der Waals surface area (Å²) in [6.45, 7) is 4.18. The monoisotopic (exact) mass is 148 g/mol. The molecule has 1 heterocycles. The van der Waals surface area contributed by atoms with Gasteiger partial charge in [-0.3, -0.25) is 0 Å². The summed E-state index contributed by atoms with van der Waals surface area (Å²) < 4.78 is 0. The standard InChI is InChI=1S/C9H12N2/c1-3-9-7(2)4-5-8(6-10)11-9/h4-5,9,11H,3H2,1-2H3. The van der Waals surface area contributed by atoms with Gasteiger partial charge in [0.1, 0.15) is 11.8 Å². The number of hydrogen-bond acceptors (Lipinski definition) is 2. The minimum Gasteiger partial charge on any atom is -0.370 e. The molecule has 1 aliphatic rings. The summed E-state index contributed by atoms with van der Waals surface area (Å²) in [7, 11) is 0. The highest BCUT2D eigenvalue weighted by Gasteiger charge is 2.11. The molecule has 0 saturated carbocycles. The molecule has 0 radical (unpaired) electrons. The number of rotatable bonds is 1. The Morgan fingerprint density at radius 2 is 2.36 bits per heavy atom. The molecule has 0 spiro atoms. The Labute approximate surface area is 67.2 Å². The van der Waals surface area contributed by atoms with Crippen LogP contribution >= 0.6 is 0 Å². The van der Waals surface area contributed by atoms with Gasteiger partial charge in [0.05, 0.1) is 0 Å². The molecule has 1 N–H and O–H groups in total. The Bertz CT molecular complexity index is 243. The van der Waals surface area contributed by atoms with Crippen molar-refractivity contribution in [1.82, 2.24) is 5.32 Å². The zero-order chi connectivity index (χ0) is 8.27. The van der Waals surface area contributed by atoms with Crippen LogP contribution in [0.25, 0.3) is 0 Å². The van der Waals surface area contributed by atoms with Gasteiger partial charge in [0.15, 0.2) is 0 Å². The molecule has 1 unspecified atom stereocenters. The van der Waals surface area contributed by atoms with E-state index in [1.807, 2.05) is 12.2 Å². The number of nitrogens with zero attached hydrogens (tertiary/aromatic N) is 1. The molecule has 0 aromatic heterocycles. The summed E-state index contributed by atoms with van der Waals surface area (Å²) in [4.78, 5) is 0. The molecule has 0 fully saturated rings. The molecule has 0 aromatic carbocycles. The van der Waals surface area contributed by atoms with Gasteiger partial charge in [-0.05, 0) is 19.4 Å². The van der Waals surface area contributed by atoms with E-state index in [9.17, 15) is 0 Å². The maximum Gasteiger partial charge on any atom is 0.117 e. The van der Waals surface area contributed by atoms with Gasteiger partial charge >= 0.3 is 0 Å². The van der Waals surface area contributed by atoms with Crippen LogP contribution in [0, 0.1) is 11.3 Å². The molecule has 0 aliphatic carbocycles. The number of nitriles is 1. The third-order valence-corrected chi connectivity index (χ3v) is 1.92. The lowest BCUT2D eigenvalue weighted by atomic mass is 10.0.